The van der Waals surface area contributed by atoms with E-state index in [1.165, 1.54) is 11.3 Å². The molecule has 0 saturated carbocycles. The minimum absolute atomic E-state index is 0.154. The zero-order valence-electron chi connectivity index (χ0n) is 12.4. The van der Waals surface area contributed by atoms with E-state index in [0.717, 1.165) is 15.8 Å². The number of hydrogen-bond acceptors (Lipinski definition) is 4. The van der Waals surface area contributed by atoms with E-state index in [0.29, 0.717) is 20.7 Å². The Balaban J connectivity index is 1.73. The largest absolute Gasteiger partial charge is 0.308 e. The number of fused-ring (bicyclic) bond motifs is 1. The zero-order valence-corrected chi connectivity index (χ0v) is 15.5. The van der Waals surface area contributed by atoms with Crippen molar-refractivity contribution in [3.63, 3.8) is 0 Å². The number of nitrogens with zero attached hydrogens (tertiary/aromatic N) is 1. The van der Waals surface area contributed by atoms with Gasteiger partial charge < -0.3 is 5.32 Å². The average molecular weight is 396 g/mol. The molecule has 0 fully saturated rings. The van der Waals surface area contributed by atoms with Crippen LogP contribution >= 0.6 is 46.8 Å². The predicted octanol–water partition coefficient (Wildman–Crippen LogP) is 5.04. The van der Waals surface area contributed by atoms with Crippen LogP contribution in [0, 0.1) is 6.92 Å². The Morgan fingerprint density at radius 3 is 2.71 bits per heavy atom. The van der Waals surface area contributed by atoms with Crippen LogP contribution in [0.15, 0.2) is 36.4 Å². The minimum atomic E-state index is -0.377. The summed E-state index contributed by atoms with van der Waals surface area (Å²) in [6, 6.07) is 10.5. The molecule has 1 amide bonds. The molecule has 0 bridgehead atoms. The number of carbonyl (C=O) groups is 1. The summed E-state index contributed by atoms with van der Waals surface area (Å²) in [5.74, 6) is -0.377. The number of anilines is 1. The molecule has 3 aromatic rings. The van der Waals surface area contributed by atoms with Crippen LogP contribution < -0.4 is 10.6 Å². The number of halogens is 2. The van der Waals surface area contributed by atoms with Gasteiger partial charge in [0.1, 0.15) is 0 Å². The van der Waals surface area contributed by atoms with Crippen LogP contribution in [-0.2, 0) is 0 Å². The zero-order chi connectivity index (χ0) is 17.3. The molecule has 0 spiro atoms. The van der Waals surface area contributed by atoms with Crippen molar-refractivity contribution in [3.8, 4) is 0 Å². The number of hydrogen-bond donors (Lipinski definition) is 2. The first-order valence-electron chi connectivity index (χ1n) is 6.87. The second kappa shape index (κ2) is 7.03. The third-order valence-corrected chi connectivity index (χ3v) is 5.11. The lowest BCUT2D eigenvalue weighted by atomic mass is 10.2. The van der Waals surface area contributed by atoms with Crippen LogP contribution in [0.2, 0.25) is 10.0 Å². The van der Waals surface area contributed by atoms with Crippen LogP contribution in [0.4, 0.5) is 5.13 Å². The first-order valence-corrected chi connectivity index (χ1v) is 8.85. The van der Waals surface area contributed by atoms with Crippen LogP contribution in [-0.4, -0.2) is 16.0 Å². The molecule has 4 nitrogen and oxygen atoms in total. The van der Waals surface area contributed by atoms with E-state index < -0.39 is 0 Å². The molecule has 24 heavy (non-hydrogen) atoms. The van der Waals surface area contributed by atoms with Crippen LogP contribution in [0.3, 0.4) is 0 Å². The molecule has 0 aliphatic rings. The lowest BCUT2D eigenvalue weighted by Gasteiger charge is -2.08. The Morgan fingerprint density at radius 1 is 1.21 bits per heavy atom. The van der Waals surface area contributed by atoms with Crippen molar-refractivity contribution in [1.29, 1.82) is 0 Å². The first kappa shape index (κ1) is 17.1. The van der Waals surface area contributed by atoms with E-state index in [-0.39, 0.29) is 11.0 Å². The molecule has 0 saturated heterocycles. The quantitative estimate of drug-likeness (QED) is 0.596. The molecule has 0 radical (unpaired) electrons. The van der Waals surface area contributed by atoms with E-state index in [1.807, 2.05) is 13.0 Å². The smallest absolute Gasteiger partial charge is 0.258 e. The second-order valence-corrected chi connectivity index (χ2v) is 7.23. The Hall–Kier alpha value is -1.73. The van der Waals surface area contributed by atoms with Crippen LogP contribution in [0.25, 0.3) is 10.2 Å². The maximum absolute atomic E-state index is 12.2. The highest BCUT2D eigenvalue weighted by Crippen LogP contribution is 2.30. The molecule has 3 rings (SSSR count). The van der Waals surface area contributed by atoms with Crippen molar-refractivity contribution in [2.45, 2.75) is 6.92 Å². The van der Waals surface area contributed by atoms with Gasteiger partial charge in [-0.1, -0.05) is 46.7 Å². The van der Waals surface area contributed by atoms with E-state index >= 15 is 0 Å². The Kier molecular flexibility index (Phi) is 5.01. The van der Waals surface area contributed by atoms with Crippen molar-refractivity contribution in [1.82, 2.24) is 10.3 Å². The summed E-state index contributed by atoms with van der Waals surface area (Å²) >= 11 is 18.7. The number of nitrogens with one attached hydrogen (secondary N) is 2. The fourth-order valence-corrected chi connectivity index (χ4v) is 3.63. The topological polar surface area (TPSA) is 54.0 Å². The lowest BCUT2D eigenvalue weighted by Crippen LogP contribution is -2.34. The molecule has 0 aliphatic carbocycles. The lowest BCUT2D eigenvalue weighted by molar-refractivity contribution is 0.0978. The molecule has 0 unspecified atom stereocenters. The van der Waals surface area contributed by atoms with Gasteiger partial charge >= 0.3 is 0 Å². The Morgan fingerprint density at radius 2 is 1.96 bits per heavy atom. The third-order valence-electron chi connectivity index (χ3n) is 3.23. The van der Waals surface area contributed by atoms with Crippen molar-refractivity contribution >= 4 is 73.1 Å². The summed E-state index contributed by atoms with van der Waals surface area (Å²) in [6.07, 6.45) is 0. The number of thiocarbonyl (C=S) groups is 1. The van der Waals surface area contributed by atoms with E-state index in [2.05, 4.69) is 15.6 Å². The van der Waals surface area contributed by atoms with Gasteiger partial charge in [0.2, 0.25) is 0 Å². The minimum Gasteiger partial charge on any atom is -0.308 e. The average Bonchev–Trinajstić information content (AvgIpc) is 2.88. The molecular formula is C16H11Cl2N3OS2. The summed E-state index contributed by atoms with van der Waals surface area (Å²) in [5, 5.41) is 7.26. The summed E-state index contributed by atoms with van der Waals surface area (Å²) in [4.78, 5) is 16.6. The molecule has 1 heterocycles. The fourth-order valence-electron chi connectivity index (χ4n) is 2.05. The molecule has 1 aromatic heterocycles. The van der Waals surface area contributed by atoms with E-state index in [4.69, 9.17) is 35.4 Å². The first-order chi connectivity index (χ1) is 11.4. The van der Waals surface area contributed by atoms with E-state index in [9.17, 15) is 4.79 Å². The fraction of sp³-hybridized carbons (Fsp3) is 0.0625. The molecule has 0 atom stereocenters. The number of aromatic nitrogens is 1. The highest BCUT2D eigenvalue weighted by Gasteiger charge is 2.13. The maximum Gasteiger partial charge on any atom is 0.258 e. The SMILES string of the molecule is Cc1cc2sc(NC(=S)NC(=O)c3ccccc3Cl)nc2cc1Cl. The Bertz CT molecular complexity index is 917. The molecular weight excluding hydrogens is 385 g/mol. The van der Waals surface area contributed by atoms with Gasteiger partial charge in [0.15, 0.2) is 10.2 Å². The third kappa shape index (κ3) is 3.67. The highest BCUT2D eigenvalue weighted by molar-refractivity contribution is 7.80. The van der Waals surface area contributed by atoms with Gasteiger partial charge in [0.05, 0.1) is 20.8 Å². The monoisotopic (exact) mass is 395 g/mol. The van der Waals surface area contributed by atoms with Gasteiger partial charge in [-0.05, 0) is 49.0 Å². The molecule has 8 heteroatoms. The standard InChI is InChI=1S/C16H11Cl2N3OS2/c1-8-6-13-12(7-11(8)18)19-16(24-13)21-15(23)20-14(22)9-4-2-3-5-10(9)17/h2-7H,1H3,(H2,19,20,21,22,23). The number of carbonyl (C=O) groups excluding carboxylic acids is 1. The van der Waals surface area contributed by atoms with Crippen LogP contribution in [0.5, 0.6) is 0 Å². The van der Waals surface area contributed by atoms with Gasteiger partial charge in [0.25, 0.3) is 5.91 Å². The molecule has 122 valence electrons. The summed E-state index contributed by atoms with van der Waals surface area (Å²) in [7, 11) is 0. The Labute approximate surface area is 157 Å². The summed E-state index contributed by atoms with van der Waals surface area (Å²) < 4.78 is 0.986. The normalized spacial score (nSPS) is 10.6. The molecule has 0 aliphatic heterocycles. The number of aryl methyl sites for hydroxylation is 1. The van der Waals surface area contributed by atoms with Crippen molar-refractivity contribution in [3.05, 3.63) is 57.6 Å². The highest BCUT2D eigenvalue weighted by atomic mass is 35.5. The van der Waals surface area contributed by atoms with Crippen molar-refractivity contribution < 1.29 is 4.79 Å². The maximum atomic E-state index is 12.2. The van der Waals surface area contributed by atoms with Gasteiger partial charge in [0, 0.05) is 5.02 Å². The number of rotatable bonds is 2. The van der Waals surface area contributed by atoms with Gasteiger partial charge in [-0.25, -0.2) is 4.98 Å². The van der Waals surface area contributed by atoms with Gasteiger partial charge in [-0.2, -0.15) is 0 Å². The van der Waals surface area contributed by atoms with Crippen molar-refractivity contribution in [2.75, 3.05) is 5.32 Å². The predicted molar refractivity (Wildman–Crippen MR) is 105 cm³/mol. The van der Waals surface area contributed by atoms with Gasteiger partial charge in [-0.3, -0.25) is 10.1 Å². The number of thiazole rings is 1. The summed E-state index contributed by atoms with van der Waals surface area (Å²) in [6.45, 7) is 1.93. The van der Waals surface area contributed by atoms with Crippen LogP contribution in [0.1, 0.15) is 15.9 Å². The number of benzene rings is 2. The molecule has 2 N–H and O–H groups in total. The van der Waals surface area contributed by atoms with E-state index in [1.54, 1.807) is 30.3 Å². The molecule has 2 aromatic carbocycles. The van der Waals surface area contributed by atoms with Gasteiger partial charge in [-0.15, -0.1) is 0 Å². The summed E-state index contributed by atoms with van der Waals surface area (Å²) in [5.41, 5.74) is 2.11. The second-order valence-electron chi connectivity index (χ2n) is 4.98. The van der Waals surface area contributed by atoms with Crippen molar-refractivity contribution in [2.24, 2.45) is 0 Å². The number of amides is 1.